The van der Waals surface area contributed by atoms with Gasteiger partial charge in [0, 0.05) is 5.57 Å². The molecule has 0 heterocycles. The molecule has 0 spiro atoms. The first-order chi connectivity index (χ1) is 4.84. The van der Waals surface area contributed by atoms with E-state index in [1.165, 1.54) is 0 Å². The van der Waals surface area contributed by atoms with Crippen LogP contribution in [0.15, 0.2) is 35.3 Å². The molecule has 1 nitrogen and oxygen atoms in total. The number of nitrogens with zero attached hydrogens (tertiary/aromatic N) is 1. The van der Waals surface area contributed by atoms with Crippen molar-refractivity contribution in [2.75, 3.05) is 0 Å². The van der Waals surface area contributed by atoms with Crippen molar-refractivity contribution < 1.29 is 0 Å². The van der Waals surface area contributed by atoms with Crippen LogP contribution in [-0.4, -0.2) is 0 Å². The molecule has 1 heteroatoms. The molecule has 48 valence electrons. The van der Waals surface area contributed by atoms with Crippen molar-refractivity contribution in [2.24, 2.45) is 5.92 Å². The third kappa shape index (κ3) is 1.27. The zero-order valence-corrected chi connectivity index (χ0v) is 5.76. The monoisotopic (exact) mass is 129 g/mol. The van der Waals surface area contributed by atoms with E-state index >= 15 is 0 Å². The van der Waals surface area contributed by atoms with Gasteiger partial charge in [-0.05, 0) is 19.1 Å². The van der Waals surface area contributed by atoms with Crippen molar-refractivity contribution in [2.45, 2.75) is 6.92 Å². The molecule has 1 aliphatic rings. The summed E-state index contributed by atoms with van der Waals surface area (Å²) in [4.78, 5) is 0. The lowest BCUT2D eigenvalue weighted by molar-refractivity contribution is 0.910. The van der Waals surface area contributed by atoms with Crippen LogP contribution in [0.5, 0.6) is 0 Å². The van der Waals surface area contributed by atoms with Crippen LogP contribution in [0, 0.1) is 17.2 Å². The number of hydrogen-bond donors (Lipinski definition) is 0. The fraction of sp³-hybridized carbons (Fsp3) is 0.222. The van der Waals surface area contributed by atoms with Gasteiger partial charge in [-0.2, -0.15) is 5.26 Å². The zero-order valence-electron chi connectivity index (χ0n) is 5.76. The van der Waals surface area contributed by atoms with Crippen molar-refractivity contribution in [3.05, 3.63) is 35.3 Å². The topological polar surface area (TPSA) is 23.8 Å². The van der Waals surface area contributed by atoms with Crippen molar-refractivity contribution in [3.8, 4) is 6.07 Å². The van der Waals surface area contributed by atoms with Crippen molar-refractivity contribution in [1.29, 1.82) is 5.26 Å². The largest absolute Gasteiger partial charge is 0.198 e. The molecular formula is C9H7N. The van der Waals surface area contributed by atoms with Gasteiger partial charge in [0.15, 0.2) is 0 Å². The second-order valence-electron chi connectivity index (χ2n) is 2.10. The van der Waals surface area contributed by atoms with Gasteiger partial charge in [-0.3, -0.25) is 0 Å². The second kappa shape index (κ2) is 2.90. The predicted molar refractivity (Wildman–Crippen MR) is 39.0 cm³/mol. The number of hydrogen-bond acceptors (Lipinski definition) is 1. The van der Waals surface area contributed by atoms with Crippen molar-refractivity contribution in [3.63, 3.8) is 0 Å². The molecule has 1 rings (SSSR count). The Kier molecular flexibility index (Phi) is 1.92. The van der Waals surface area contributed by atoms with Gasteiger partial charge in [-0.1, -0.05) is 17.5 Å². The van der Waals surface area contributed by atoms with Crippen LogP contribution in [0.2, 0.25) is 0 Å². The molecule has 0 saturated heterocycles. The highest BCUT2D eigenvalue weighted by Gasteiger charge is 2.02. The maximum absolute atomic E-state index is 8.50. The third-order valence-corrected chi connectivity index (χ3v) is 1.33. The van der Waals surface area contributed by atoms with Crippen LogP contribution < -0.4 is 0 Å². The molecule has 0 fully saturated rings. The van der Waals surface area contributed by atoms with Crippen LogP contribution in [0.3, 0.4) is 0 Å². The van der Waals surface area contributed by atoms with E-state index in [1.807, 2.05) is 19.1 Å². The Morgan fingerprint density at radius 2 is 2.50 bits per heavy atom. The Bertz CT molecular complexity index is 289. The van der Waals surface area contributed by atoms with Crippen LogP contribution >= 0.6 is 0 Å². The summed E-state index contributed by atoms with van der Waals surface area (Å²) in [5, 5.41) is 8.50. The van der Waals surface area contributed by atoms with Crippen LogP contribution in [0.4, 0.5) is 0 Å². The molecule has 1 aliphatic carbocycles. The molecule has 0 N–H and O–H groups in total. The molecule has 10 heavy (non-hydrogen) atoms. The number of rotatable bonds is 1. The first-order valence-electron chi connectivity index (χ1n) is 3.12. The summed E-state index contributed by atoms with van der Waals surface area (Å²) in [6.45, 7) is 1.85. The van der Waals surface area contributed by atoms with E-state index < -0.39 is 0 Å². The molecule has 1 unspecified atom stereocenters. The summed E-state index contributed by atoms with van der Waals surface area (Å²) in [7, 11) is 0. The quantitative estimate of drug-likeness (QED) is 0.496. The molecule has 0 bridgehead atoms. The first kappa shape index (κ1) is 6.65. The summed E-state index contributed by atoms with van der Waals surface area (Å²) in [5.41, 5.74) is 6.58. The minimum atomic E-state index is -0.0718. The molecule has 0 radical (unpaired) electrons. The molecular weight excluding hydrogens is 122 g/mol. The van der Waals surface area contributed by atoms with E-state index in [0.717, 1.165) is 5.57 Å². The van der Waals surface area contributed by atoms with Gasteiger partial charge in [0.2, 0.25) is 0 Å². The fourth-order valence-corrected chi connectivity index (χ4v) is 0.689. The Labute approximate surface area is 60.3 Å². The van der Waals surface area contributed by atoms with Crippen molar-refractivity contribution in [1.82, 2.24) is 0 Å². The lowest BCUT2D eigenvalue weighted by Gasteiger charge is -1.98. The highest BCUT2D eigenvalue weighted by atomic mass is 14.3. The Balaban J connectivity index is 2.96. The summed E-state index contributed by atoms with van der Waals surface area (Å²) in [5.74, 6) is -0.0718. The van der Waals surface area contributed by atoms with E-state index in [4.69, 9.17) is 5.26 Å². The molecule has 0 aliphatic heterocycles. The standard InChI is InChI=1S/C9H7N/c1-8(7-10)9-5-3-2-4-6-9/h2-3,5,8H,1H3. The Morgan fingerprint density at radius 3 is 3.00 bits per heavy atom. The normalized spacial score (nSPS) is 16.2. The van der Waals surface area contributed by atoms with E-state index in [-0.39, 0.29) is 5.92 Å². The molecule has 0 aromatic rings. The average Bonchev–Trinajstić information content (AvgIpc) is 2.05. The lowest BCUT2D eigenvalue weighted by atomic mass is 10.0. The first-order valence-corrected chi connectivity index (χ1v) is 3.12. The van der Waals surface area contributed by atoms with Gasteiger partial charge in [-0.25, -0.2) is 0 Å². The summed E-state index contributed by atoms with van der Waals surface area (Å²) >= 11 is 0. The molecule has 1 atom stereocenters. The van der Waals surface area contributed by atoms with Gasteiger partial charge < -0.3 is 0 Å². The highest BCUT2D eigenvalue weighted by molar-refractivity contribution is 5.30. The summed E-state index contributed by atoms with van der Waals surface area (Å²) in [6, 6.07) is 2.13. The van der Waals surface area contributed by atoms with Crippen LogP contribution in [0.1, 0.15) is 6.92 Å². The molecule has 0 saturated carbocycles. The van der Waals surface area contributed by atoms with Crippen LogP contribution in [0.25, 0.3) is 0 Å². The highest BCUT2D eigenvalue weighted by Crippen LogP contribution is 2.10. The molecule has 0 aromatic carbocycles. The Hall–Kier alpha value is -1.47. The molecule has 0 amide bonds. The third-order valence-electron chi connectivity index (χ3n) is 1.33. The van der Waals surface area contributed by atoms with Gasteiger partial charge in [0.05, 0.1) is 12.0 Å². The zero-order chi connectivity index (χ0) is 7.40. The maximum atomic E-state index is 8.50. The summed E-state index contributed by atoms with van der Waals surface area (Å²) in [6.07, 6.45) is 5.51. The SMILES string of the molecule is CC(C#N)C1=C=C=CC=C1. The maximum Gasteiger partial charge on any atom is 0.0763 e. The van der Waals surface area contributed by atoms with Gasteiger partial charge >= 0.3 is 0 Å². The van der Waals surface area contributed by atoms with E-state index in [1.54, 1.807) is 6.08 Å². The average molecular weight is 129 g/mol. The van der Waals surface area contributed by atoms with Gasteiger partial charge in [0.1, 0.15) is 0 Å². The van der Waals surface area contributed by atoms with Crippen molar-refractivity contribution >= 4 is 0 Å². The smallest absolute Gasteiger partial charge is 0.0763 e. The minimum Gasteiger partial charge on any atom is -0.198 e. The predicted octanol–water partition coefficient (Wildman–Crippen LogP) is 1.95. The number of nitriles is 1. The van der Waals surface area contributed by atoms with Gasteiger partial charge in [0.25, 0.3) is 0 Å². The van der Waals surface area contributed by atoms with E-state index in [0.29, 0.717) is 0 Å². The van der Waals surface area contributed by atoms with Gasteiger partial charge in [-0.15, -0.1) is 0 Å². The summed E-state index contributed by atoms with van der Waals surface area (Å²) < 4.78 is 0. The fourth-order valence-electron chi connectivity index (χ4n) is 0.689. The van der Waals surface area contributed by atoms with Crippen LogP contribution in [-0.2, 0) is 0 Å². The Morgan fingerprint density at radius 1 is 1.70 bits per heavy atom. The second-order valence-corrected chi connectivity index (χ2v) is 2.10. The number of allylic oxidation sites excluding steroid dienone is 4. The minimum absolute atomic E-state index is 0.0718. The van der Waals surface area contributed by atoms with E-state index in [9.17, 15) is 0 Å². The molecule has 0 aromatic heterocycles. The van der Waals surface area contributed by atoms with E-state index in [2.05, 4.69) is 17.5 Å². The lowest BCUT2D eigenvalue weighted by Crippen LogP contribution is -1.91.